The Balaban J connectivity index is 1.19. The highest BCUT2D eigenvalue weighted by molar-refractivity contribution is 7.85. The lowest BCUT2D eigenvalue weighted by molar-refractivity contribution is 0.363. The molecule has 0 bridgehead atoms. The Morgan fingerprint density at radius 1 is 0.422 bits per heavy atom. The molecule has 0 aliphatic carbocycles. The van der Waals surface area contributed by atoms with Crippen LogP contribution in [0.5, 0.6) is 23.0 Å². The smallest absolute Gasteiger partial charge is 0.177 e. The van der Waals surface area contributed by atoms with Gasteiger partial charge in [-0.25, -0.2) is 0 Å². The zero-order chi connectivity index (χ0) is 30.0. The third-order valence-electron chi connectivity index (χ3n) is 8.61. The molecule has 9 rings (SSSR count). The van der Waals surface area contributed by atoms with Crippen molar-refractivity contribution in [2.75, 3.05) is 0 Å². The van der Waals surface area contributed by atoms with Crippen LogP contribution in [0.15, 0.2) is 156 Å². The second kappa shape index (κ2) is 9.99. The lowest BCUT2D eigenvalue weighted by Gasteiger charge is -2.23. The van der Waals surface area contributed by atoms with E-state index in [1.807, 2.05) is 121 Å². The highest BCUT2D eigenvalue weighted by Gasteiger charge is 2.30. The number of ether oxygens (including phenoxy) is 2. The Bertz CT molecular complexity index is 2420. The van der Waals surface area contributed by atoms with Crippen LogP contribution in [0.1, 0.15) is 0 Å². The summed E-state index contributed by atoms with van der Waals surface area (Å²) in [5.74, 6) is 2.79. The minimum Gasteiger partial charge on any atom is -0.456 e. The third kappa shape index (κ3) is 4.03. The Kier molecular flexibility index (Phi) is 5.74. The molecule has 1 aromatic heterocycles. The first-order chi connectivity index (χ1) is 22.2. The summed E-state index contributed by atoms with van der Waals surface area (Å²) >= 11 is 0. The highest BCUT2D eigenvalue weighted by Crippen LogP contribution is 2.51. The van der Waals surface area contributed by atoms with Gasteiger partial charge in [-0.05, 0) is 65.0 Å². The van der Waals surface area contributed by atoms with Crippen LogP contribution in [0.4, 0.5) is 0 Å². The lowest BCUT2D eigenvalue weighted by Crippen LogP contribution is -2.24. The van der Waals surface area contributed by atoms with Gasteiger partial charge >= 0.3 is 0 Å². The maximum absolute atomic E-state index is 15.0. The molecule has 0 spiro atoms. The predicted octanol–water partition coefficient (Wildman–Crippen LogP) is 9.94. The topological polar surface area (TPSA) is 48.7 Å². The van der Waals surface area contributed by atoms with E-state index in [1.54, 1.807) is 0 Å². The lowest BCUT2D eigenvalue weighted by atomic mass is 9.96. The minimum absolute atomic E-state index is 0.675. The van der Waals surface area contributed by atoms with Crippen LogP contribution in [0.25, 0.3) is 43.8 Å². The van der Waals surface area contributed by atoms with Crippen molar-refractivity contribution >= 4 is 55.8 Å². The maximum atomic E-state index is 15.0. The Labute approximate surface area is 259 Å². The van der Waals surface area contributed by atoms with E-state index in [0.29, 0.717) is 28.6 Å². The fourth-order valence-corrected chi connectivity index (χ4v) is 9.10. The minimum atomic E-state index is -3.13. The second-order valence-corrected chi connectivity index (χ2v) is 14.0. The van der Waals surface area contributed by atoms with Crippen LogP contribution in [-0.4, -0.2) is 0 Å². The molecule has 45 heavy (non-hydrogen) atoms. The summed E-state index contributed by atoms with van der Waals surface area (Å²) in [5, 5.41) is 6.35. The first-order valence-corrected chi connectivity index (χ1v) is 16.6. The number of rotatable bonds is 4. The molecule has 0 amide bonds. The molecule has 0 radical (unpaired) electrons. The van der Waals surface area contributed by atoms with Crippen LogP contribution in [0.2, 0.25) is 0 Å². The van der Waals surface area contributed by atoms with Gasteiger partial charge in [0.25, 0.3) is 0 Å². The van der Waals surface area contributed by atoms with Gasteiger partial charge in [-0.1, -0.05) is 103 Å². The predicted molar refractivity (Wildman–Crippen MR) is 183 cm³/mol. The summed E-state index contributed by atoms with van der Waals surface area (Å²) in [5.41, 5.74) is 3.49. The van der Waals surface area contributed by atoms with Gasteiger partial charge in [-0.2, -0.15) is 0 Å². The highest BCUT2D eigenvalue weighted by atomic mass is 31.2. The SMILES string of the molecule is O=P(c1ccccc1)(c1ccccc1)c1ccc2c(c1)oc1cc(-c3cc4c(c5ccccc35)Oc3ccccc3O4)ccc12. The molecule has 0 atom stereocenters. The van der Waals surface area contributed by atoms with Crippen molar-refractivity contribution in [1.29, 1.82) is 0 Å². The molecular formula is C40H25O4P. The van der Waals surface area contributed by atoms with Crippen molar-refractivity contribution in [2.45, 2.75) is 0 Å². The first-order valence-electron chi connectivity index (χ1n) is 14.9. The number of hydrogen-bond acceptors (Lipinski definition) is 4. The molecule has 1 aliphatic rings. The standard InChI is InChI=1S/C40H25O4P/c41-45(27-11-3-1-4-12-27,28-13-5-2-6-14-28)29-20-22-32-31-21-19-26(23-37(31)43-38(32)24-29)34-25-39-40(33-16-8-7-15-30(33)34)44-36-18-10-9-17-35(36)42-39/h1-25H. The van der Waals surface area contributed by atoms with Crippen molar-refractivity contribution in [1.82, 2.24) is 0 Å². The zero-order valence-electron chi connectivity index (χ0n) is 24.0. The van der Waals surface area contributed by atoms with E-state index in [1.165, 1.54) is 0 Å². The van der Waals surface area contributed by atoms with E-state index in [2.05, 4.69) is 30.3 Å². The number of para-hydroxylation sites is 2. The molecule has 1 aliphatic heterocycles. The summed E-state index contributed by atoms with van der Waals surface area (Å²) in [7, 11) is -3.13. The average Bonchev–Trinajstić information content (AvgIpc) is 3.48. The summed E-state index contributed by atoms with van der Waals surface area (Å²) in [6, 6.07) is 49.7. The van der Waals surface area contributed by atoms with Crippen LogP contribution < -0.4 is 25.4 Å². The van der Waals surface area contributed by atoms with Gasteiger partial charge < -0.3 is 18.5 Å². The molecule has 8 aromatic rings. The molecule has 7 aromatic carbocycles. The van der Waals surface area contributed by atoms with Gasteiger partial charge in [0, 0.05) is 32.1 Å². The quantitative estimate of drug-likeness (QED) is 0.189. The fourth-order valence-electron chi connectivity index (χ4n) is 6.44. The summed E-state index contributed by atoms with van der Waals surface area (Å²) < 4.78 is 34.1. The summed E-state index contributed by atoms with van der Waals surface area (Å²) in [6.45, 7) is 0. The van der Waals surface area contributed by atoms with Crippen LogP contribution in [0.3, 0.4) is 0 Å². The van der Waals surface area contributed by atoms with E-state index in [-0.39, 0.29) is 0 Å². The molecule has 5 heteroatoms. The molecule has 0 saturated heterocycles. The van der Waals surface area contributed by atoms with Gasteiger partial charge in [0.1, 0.15) is 11.2 Å². The largest absolute Gasteiger partial charge is 0.456 e. The van der Waals surface area contributed by atoms with Crippen molar-refractivity contribution in [3.8, 4) is 34.1 Å². The Hall–Kier alpha value is -5.57. The fraction of sp³-hybridized carbons (Fsp3) is 0. The molecule has 214 valence electrons. The van der Waals surface area contributed by atoms with E-state index < -0.39 is 7.14 Å². The van der Waals surface area contributed by atoms with Crippen molar-refractivity contribution in [3.05, 3.63) is 152 Å². The summed E-state index contributed by atoms with van der Waals surface area (Å²) in [6.07, 6.45) is 0. The normalized spacial score (nSPS) is 12.4. The van der Waals surface area contributed by atoms with Crippen molar-refractivity contribution < 1.29 is 18.5 Å². The average molecular weight is 601 g/mol. The van der Waals surface area contributed by atoms with E-state index >= 15 is 0 Å². The monoisotopic (exact) mass is 600 g/mol. The number of furan rings is 1. The van der Waals surface area contributed by atoms with Crippen molar-refractivity contribution in [2.24, 2.45) is 0 Å². The van der Waals surface area contributed by atoms with Crippen LogP contribution >= 0.6 is 7.14 Å². The second-order valence-electron chi connectivity index (χ2n) is 11.2. The van der Waals surface area contributed by atoms with Crippen molar-refractivity contribution in [3.63, 3.8) is 0 Å². The molecule has 0 fully saturated rings. The number of hydrogen-bond donors (Lipinski definition) is 0. The van der Waals surface area contributed by atoms with Gasteiger partial charge in [0.15, 0.2) is 30.1 Å². The third-order valence-corrected chi connectivity index (χ3v) is 11.7. The molecule has 0 unspecified atom stereocenters. The Morgan fingerprint density at radius 2 is 1.00 bits per heavy atom. The molecule has 2 heterocycles. The maximum Gasteiger partial charge on any atom is 0.177 e. The van der Waals surface area contributed by atoms with E-state index in [4.69, 9.17) is 13.9 Å². The Morgan fingerprint density at radius 3 is 1.71 bits per heavy atom. The van der Waals surface area contributed by atoms with Gasteiger partial charge in [0.05, 0.1) is 0 Å². The molecule has 0 N–H and O–H groups in total. The molecular weight excluding hydrogens is 575 g/mol. The first kappa shape index (κ1) is 25.9. The number of benzene rings is 7. The molecule has 0 saturated carbocycles. The number of fused-ring (bicyclic) bond motifs is 7. The van der Waals surface area contributed by atoms with Gasteiger partial charge in [-0.3, -0.25) is 0 Å². The van der Waals surface area contributed by atoms with E-state index in [0.717, 1.165) is 54.2 Å². The van der Waals surface area contributed by atoms with Crippen LogP contribution in [-0.2, 0) is 4.57 Å². The van der Waals surface area contributed by atoms with Gasteiger partial charge in [-0.15, -0.1) is 0 Å². The van der Waals surface area contributed by atoms with E-state index in [9.17, 15) is 4.57 Å². The summed E-state index contributed by atoms with van der Waals surface area (Å²) in [4.78, 5) is 0. The zero-order valence-corrected chi connectivity index (χ0v) is 24.9. The molecule has 4 nitrogen and oxygen atoms in total. The van der Waals surface area contributed by atoms with Crippen LogP contribution in [0, 0.1) is 0 Å². The van der Waals surface area contributed by atoms with Gasteiger partial charge in [0.2, 0.25) is 0 Å².